The molecule has 16 heavy (non-hydrogen) atoms. The first kappa shape index (κ1) is 14.4. The van der Waals surface area contributed by atoms with Crippen LogP contribution in [0.4, 0.5) is 0 Å². The number of unbranched alkanes of at least 4 members (excludes halogenated alkanes) is 1. The Morgan fingerprint density at radius 2 is 1.94 bits per heavy atom. The summed E-state index contributed by atoms with van der Waals surface area (Å²) < 4.78 is 9.64. The third-order valence-corrected chi connectivity index (χ3v) is 1.72. The molecule has 0 amide bonds. The maximum Gasteiger partial charge on any atom is 0.333 e. The minimum absolute atomic E-state index is 0.240. The fourth-order valence-corrected chi connectivity index (χ4v) is 0.884. The molecular formula is C12H18O4. The molecule has 4 heteroatoms. The topological polar surface area (TPSA) is 52.6 Å². The van der Waals surface area contributed by atoms with Gasteiger partial charge in [-0.2, -0.15) is 0 Å². The zero-order valence-corrected chi connectivity index (χ0v) is 9.66. The molecule has 0 saturated carbocycles. The Morgan fingerprint density at radius 3 is 2.50 bits per heavy atom. The minimum Gasteiger partial charge on any atom is -0.462 e. The Balaban J connectivity index is 3.39. The minimum atomic E-state index is -0.394. The summed E-state index contributed by atoms with van der Waals surface area (Å²) in [6.45, 7) is 9.03. The predicted octanol–water partition coefficient (Wildman–Crippen LogP) is 2.01. The van der Waals surface area contributed by atoms with E-state index in [-0.39, 0.29) is 12.6 Å². The van der Waals surface area contributed by atoms with Gasteiger partial charge in [0.05, 0.1) is 6.61 Å². The first-order valence-electron chi connectivity index (χ1n) is 5.17. The van der Waals surface area contributed by atoms with E-state index in [0.717, 1.165) is 0 Å². The molecule has 0 atom stereocenters. The fraction of sp³-hybridized carbons (Fsp3) is 0.500. The number of hydrogen-bond acceptors (Lipinski definition) is 4. The summed E-state index contributed by atoms with van der Waals surface area (Å²) >= 11 is 0. The van der Waals surface area contributed by atoms with Crippen LogP contribution in [0.5, 0.6) is 0 Å². The highest BCUT2D eigenvalue weighted by Crippen LogP contribution is 2.00. The molecule has 0 fully saturated rings. The average Bonchev–Trinajstić information content (AvgIpc) is 2.25. The first-order valence-corrected chi connectivity index (χ1v) is 5.17. The Kier molecular flexibility index (Phi) is 7.85. The molecule has 0 aromatic heterocycles. The number of hydrogen-bond donors (Lipinski definition) is 0. The van der Waals surface area contributed by atoms with Gasteiger partial charge in [-0.05, 0) is 19.8 Å². The Bertz CT molecular complexity index is 268. The Hall–Kier alpha value is -1.58. The van der Waals surface area contributed by atoms with Crippen molar-refractivity contribution in [3.63, 3.8) is 0 Å². The second-order valence-corrected chi connectivity index (χ2v) is 3.35. The van der Waals surface area contributed by atoms with E-state index in [1.165, 1.54) is 6.08 Å². The van der Waals surface area contributed by atoms with Gasteiger partial charge in [0.25, 0.3) is 0 Å². The van der Waals surface area contributed by atoms with E-state index in [0.29, 0.717) is 31.4 Å². The van der Waals surface area contributed by atoms with E-state index in [4.69, 9.17) is 9.47 Å². The van der Waals surface area contributed by atoms with Crippen molar-refractivity contribution in [2.75, 3.05) is 13.2 Å². The van der Waals surface area contributed by atoms with Crippen molar-refractivity contribution in [1.29, 1.82) is 0 Å². The van der Waals surface area contributed by atoms with Gasteiger partial charge < -0.3 is 9.47 Å². The number of esters is 2. The van der Waals surface area contributed by atoms with Gasteiger partial charge in [-0.15, -0.1) is 0 Å². The lowest BCUT2D eigenvalue weighted by Gasteiger charge is -2.04. The molecular weight excluding hydrogens is 208 g/mol. The number of rotatable bonds is 8. The van der Waals surface area contributed by atoms with Gasteiger partial charge in [0, 0.05) is 12.0 Å². The van der Waals surface area contributed by atoms with E-state index in [9.17, 15) is 9.59 Å². The van der Waals surface area contributed by atoms with Crippen LogP contribution in [-0.2, 0) is 19.1 Å². The van der Waals surface area contributed by atoms with Crippen LogP contribution in [-0.4, -0.2) is 25.2 Å². The highest BCUT2D eigenvalue weighted by atomic mass is 16.5. The van der Waals surface area contributed by atoms with Crippen molar-refractivity contribution in [3.05, 3.63) is 24.8 Å². The normalized spacial score (nSPS) is 9.31. The molecule has 0 heterocycles. The van der Waals surface area contributed by atoms with E-state index >= 15 is 0 Å². The summed E-state index contributed by atoms with van der Waals surface area (Å²) in [7, 11) is 0. The van der Waals surface area contributed by atoms with Crippen LogP contribution in [0.2, 0.25) is 0 Å². The molecule has 0 aromatic carbocycles. The van der Waals surface area contributed by atoms with Gasteiger partial charge in [-0.25, -0.2) is 4.79 Å². The van der Waals surface area contributed by atoms with Crippen molar-refractivity contribution in [1.82, 2.24) is 0 Å². The summed E-state index contributed by atoms with van der Waals surface area (Å²) in [5.74, 6) is -0.652. The third-order valence-electron chi connectivity index (χ3n) is 1.72. The van der Waals surface area contributed by atoms with Gasteiger partial charge in [0.15, 0.2) is 0 Å². The van der Waals surface area contributed by atoms with Crippen LogP contribution in [0, 0.1) is 0 Å². The van der Waals surface area contributed by atoms with Crippen LogP contribution < -0.4 is 0 Å². The number of carbonyl (C=O) groups excluding carboxylic acids is 2. The van der Waals surface area contributed by atoms with Crippen molar-refractivity contribution in [2.45, 2.75) is 26.2 Å². The summed E-state index contributed by atoms with van der Waals surface area (Å²) in [4.78, 5) is 22.0. The molecule has 4 nitrogen and oxygen atoms in total. The second kappa shape index (κ2) is 8.71. The maximum absolute atomic E-state index is 11.0. The zero-order valence-electron chi connectivity index (χ0n) is 9.66. The highest BCUT2D eigenvalue weighted by molar-refractivity contribution is 5.86. The van der Waals surface area contributed by atoms with E-state index < -0.39 is 5.97 Å². The van der Waals surface area contributed by atoms with Gasteiger partial charge in [-0.1, -0.05) is 19.2 Å². The fourth-order valence-electron chi connectivity index (χ4n) is 0.884. The first-order chi connectivity index (χ1) is 7.57. The van der Waals surface area contributed by atoms with E-state index in [1.54, 1.807) is 6.92 Å². The number of ether oxygens (including phenoxy) is 2. The van der Waals surface area contributed by atoms with E-state index in [1.807, 2.05) is 0 Å². The zero-order chi connectivity index (χ0) is 12.4. The van der Waals surface area contributed by atoms with Crippen molar-refractivity contribution < 1.29 is 19.1 Å². The molecule has 0 saturated heterocycles. The largest absolute Gasteiger partial charge is 0.462 e. The summed E-state index contributed by atoms with van der Waals surface area (Å²) in [6.07, 6.45) is 3.13. The quantitative estimate of drug-likeness (QED) is 0.275. The molecule has 0 aliphatic rings. The van der Waals surface area contributed by atoms with Gasteiger partial charge in [-0.3, -0.25) is 4.79 Å². The lowest BCUT2D eigenvalue weighted by Crippen LogP contribution is -2.08. The molecule has 0 aliphatic carbocycles. The second-order valence-electron chi connectivity index (χ2n) is 3.35. The lowest BCUT2D eigenvalue weighted by atomic mass is 10.2. The molecule has 0 spiro atoms. The SMILES string of the molecule is C=CCOC(=O)CCCCOC(=O)C(=C)C. The molecule has 0 aliphatic heterocycles. The third kappa shape index (κ3) is 7.79. The standard InChI is InChI=1S/C12H18O4/c1-4-8-15-11(13)7-5-6-9-16-12(14)10(2)3/h4H,1-2,5-9H2,3H3. The highest BCUT2D eigenvalue weighted by Gasteiger charge is 2.04. The summed E-state index contributed by atoms with van der Waals surface area (Å²) in [5.41, 5.74) is 0.380. The van der Waals surface area contributed by atoms with Crippen LogP contribution in [0.25, 0.3) is 0 Å². The molecule has 0 radical (unpaired) electrons. The smallest absolute Gasteiger partial charge is 0.333 e. The van der Waals surface area contributed by atoms with Gasteiger partial charge in [0.2, 0.25) is 0 Å². The molecule has 0 rings (SSSR count). The molecule has 0 bridgehead atoms. The van der Waals surface area contributed by atoms with E-state index in [2.05, 4.69) is 13.2 Å². The average molecular weight is 226 g/mol. The van der Waals surface area contributed by atoms with Crippen LogP contribution in [0.15, 0.2) is 24.8 Å². The monoisotopic (exact) mass is 226 g/mol. The maximum atomic E-state index is 11.0. The molecule has 0 N–H and O–H groups in total. The van der Waals surface area contributed by atoms with Crippen molar-refractivity contribution in [3.8, 4) is 0 Å². The van der Waals surface area contributed by atoms with Crippen LogP contribution in [0.1, 0.15) is 26.2 Å². The van der Waals surface area contributed by atoms with Crippen molar-refractivity contribution in [2.24, 2.45) is 0 Å². The molecule has 0 unspecified atom stereocenters. The Morgan fingerprint density at radius 1 is 1.25 bits per heavy atom. The van der Waals surface area contributed by atoms with Crippen LogP contribution in [0.3, 0.4) is 0 Å². The number of carbonyl (C=O) groups is 2. The predicted molar refractivity (Wildman–Crippen MR) is 60.8 cm³/mol. The summed E-state index contributed by atoms with van der Waals surface area (Å²) in [5, 5.41) is 0. The molecule has 0 aromatic rings. The summed E-state index contributed by atoms with van der Waals surface area (Å²) in [6, 6.07) is 0. The lowest BCUT2D eigenvalue weighted by molar-refractivity contribution is -0.142. The van der Waals surface area contributed by atoms with Gasteiger partial charge in [0.1, 0.15) is 6.61 Å². The van der Waals surface area contributed by atoms with Crippen molar-refractivity contribution >= 4 is 11.9 Å². The van der Waals surface area contributed by atoms with Crippen LogP contribution >= 0.6 is 0 Å². The Labute approximate surface area is 95.9 Å². The van der Waals surface area contributed by atoms with Gasteiger partial charge >= 0.3 is 11.9 Å². The molecule has 90 valence electrons.